The quantitative estimate of drug-likeness (QED) is 0.762. The molecule has 1 N–H and O–H groups in total. The number of benzene rings is 1. The SMILES string of the molecule is CC(SCc1cccc(Br)c1)C(=O)NCCc1cccs1. The van der Waals surface area contributed by atoms with Crippen molar-refractivity contribution in [2.45, 2.75) is 24.3 Å². The lowest BCUT2D eigenvalue weighted by atomic mass is 10.2. The van der Waals surface area contributed by atoms with Gasteiger partial charge in [-0.3, -0.25) is 4.79 Å². The molecule has 0 aliphatic carbocycles. The molecule has 0 saturated heterocycles. The normalized spacial score (nSPS) is 12.1. The van der Waals surface area contributed by atoms with Crippen LogP contribution in [0.4, 0.5) is 0 Å². The van der Waals surface area contributed by atoms with Crippen molar-refractivity contribution in [1.82, 2.24) is 5.32 Å². The molecule has 0 fully saturated rings. The zero-order valence-electron chi connectivity index (χ0n) is 11.8. The van der Waals surface area contributed by atoms with E-state index in [1.165, 1.54) is 10.4 Å². The Bertz CT molecular complexity index is 571. The van der Waals surface area contributed by atoms with E-state index in [2.05, 4.69) is 44.8 Å². The smallest absolute Gasteiger partial charge is 0.232 e. The van der Waals surface area contributed by atoms with E-state index in [4.69, 9.17) is 0 Å². The van der Waals surface area contributed by atoms with Gasteiger partial charge in [-0.1, -0.05) is 34.1 Å². The molecular formula is C16H18BrNOS2. The highest BCUT2D eigenvalue weighted by Gasteiger charge is 2.12. The highest BCUT2D eigenvalue weighted by atomic mass is 79.9. The number of rotatable bonds is 7. The van der Waals surface area contributed by atoms with Gasteiger partial charge in [0.25, 0.3) is 0 Å². The summed E-state index contributed by atoms with van der Waals surface area (Å²) in [6.45, 7) is 2.67. The molecule has 112 valence electrons. The summed E-state index contributed by atoms with van der Waals surface area (Å²) in [5.41, 5.74) is 1.23. The molecule has 0 saturated carbocycles. The summed E-state index contributed by atoms with van der Waals surface area (Å²) < 4.78 is 1.08. The Balaban J connectivity index is 1.69. The Morgan fingerprint density at radius 2 is 2.24 bits per heavy atom. The van der Waals surface area contributed by atoms with Crippen LogP contribution in [0.3, 0.4) is 0 Å². The summed E-state index contributed by atoms with van der Waals surface area (Å²) in [6.07, 6.45) is 0.909. The minimum atomic E-state index is -0.0349. The maximum Gasteiger partial charge on any atom is 0.232 e. The zero-order chi connectivity index (χ0) is 15.1. The van der Waals surface area contributed by atoms with Crippen molar-refractivity contribution < 1.29 is 4.79 Å². The van der Waals surface area contributed by atoms with Crippen LogP contribution in [0.2, 0.25) is 0 Å². The monoisotopic (exact) mass is 383 g/mol. The van der Waals surface area contributed by atoms with Crippen molar-refractivity contribution in [3.05, 3.63) is 56.7 Å². The van der Waals surface area contributed by atoms with E-state index in [0.717, 1.165) is 16.6 Å². The zero-order valence-corrected chi connectivity index (χ0v) is 15.1. The molecule has 1 atom stereocenters. The van der Waals surface area contributed by atoms with E-state index in [-0.39, 0.29) is 11.2 Å². The molecule has 1 amide bonds. The Morgan fingerprint density at radius 1 is 1.38 bits per heavy atom. The van der Waals surface area contributed by atoms with Crippen molar-refractivity contribution in [2.24, 2.45) is 0 Å². The molecule has 5 heteroatoms. The van der Waals surface area contributed by atoms with Gasteiger partial charge in [0.2, 0.25) is 5.91 Å². The van der Waals surface area contributed by atoms with Gasteiger partial charge >= 0.3 is 0 Å². The first-order valence-electron chi connectivity index (χ1n) is 6.81. The number of hydrogen-bond acceptors (Lipinski definition) is 3. The molecule has 2 nitrogen and oxygen atoms in total. The van der Waals surface area contributed by atoms with E-state index in [9.17, 15) is 4.79 Å². The molecule has 0 bridgehead atoms. The molecule has 2 aromatic rings. The predicted octanol–water partition coefficient (Wildman–Crippen LogP) is 4.49. The summed E-state index contributed by atoms with van der Waals surface area (Å²) in [5.74, 6) is 0.963. The van der Waals surface area contributed by atoms with Crippen LogP contribution in [0.25, 0.3) is 0 Å². The van der Waals surface area contributed by atoms with Crippen LogP contribution in [0.1, 0.15) is 17.4 Å². The number of halogens is 1. The van der Waals surface area contributed by atoms with Gasteiger partial charge in [-0.05, 0) is 42.5 Å². The first-order chi connectivity index (χ1) is 10.1. The van der Waals surface area contributed by atoms with Gasteiger partial charge in [0.1, 0.15) is 0 Å². The van der Waals surface area contributed by atoms with E-state index < -0.39 is 0 Å². The molecule has 21 heavy (non-hydrogen) atoms. The van der Waals surface area contributed by atoms with Gasteiger partial charge in [-0.2, -0.15) is 0 Å². The molecule has 1 unspecified atom stereocenters. The van der Waals surface area contributed by atoms with Crippen molar-refractivity contribution in [2.75, 3.05) is 6.54 Å². The summed E-state index contributed by atoms with van der Waals surface area (Å²) in [5, 5.41) is 5.03. The Morgan fingerprint density at radius 3 is 2.95 bits per heavy atom. The second-order valence-corrected chi connectivity index (χ2v) is 7.98. The van der Waals surface area contributed by atoms with Crippen molar-refractivity contribution >= 4 is 44.9 Å². The Kier molecular flexibility index (Phi) is 6.80. The van der Waals surface area contributed by atoms with Crippen molar-refractivity contribution in [3.8, 4) is 0 Å². The fraction of sp³-hybridized carbons (Fsp3) is 0.312. The molecule has 0 spiro atoms. The largest absolute Gasteiger partial charge is 0.355 e. The fourth-order valence-corrected chi connectivity index (χ4v) is 3.84. The third-order valence-electron chi connectivity index (χ3n) is 3.01. The highest BCUT2D eigenvalue weighted by Crippen LogP contribution is 2.20. The van der Waals surface area contributed by atoms with E-state index in [1.54, 1.807) is 23.1 Å². The Hall–Kier alpha value is -0.780. The number of thiophene rings is 1. The van der Waals surface area contributed by atoms with Crippen LogP contribution in [-0.2, 0) is 17.0 Å². The molecule has 0 aliphatic rings. The molecule has 2 rings (SSSR count). The molecule has 1 aromatic carbocycles. The summed E-state index contributed by atoms with van der Waals surface area (Å²) in [7, 11) is 0. The second kappa shape index (κ2) is 8.61. The van der Waals surface area contributed by atoms with Crippen LogP contribution in [0.5, 0.6) is 0 Å². The topological polar surface area (TPSA) is 29.1 Å². The average Bonchev–Trinajstić information content (AvgIpc) is 2.98. The first kappa shape index (κ1) is 16.6. The van der Waals surface area contributed by atoms with Crippen molar-refractivity contribution in [3.63, 3.8) is 0 Å². The maximum atomic E-state index is 12.0. The van der Waals surface area contributed by atoms with Gasteiger partial charge < -0.3 is 5.32 Å². The van der Waals surface area contributed by atoms with E-state index in [0.29, 0.717) is 6.54 Å². The lowest BCUT2D eigenvalue weighted by Crippen LogP contribution is -2.32. The number of carbonyl (C=O) groups excluding carboxylic acids is 1. The Labute approximate surface area is 142 Å². The third-order valence-corrected chi connectivity index (χ3v) is 5.65. The summed E-state index contributed by atoms with van der Waals surface area (Å²) >= 11 is 6.86. The van der Waals surface area contributed by atoms with Crippen LogP contribution in [-0.4, -0.2) is 17.7 Å². The third kappa shape index (κ3) is 5.85. The predicted molar refractivity (Wildman–Crippen MR) is 95.9 cm³/mol. The van der Waals surface area contributed by atoms with E-state index >= 15 is 0 Å². The van der Waals surface area contributed by atoms with Gasteiger partial charge in [-0.15, -0.1) is 23.1 Å². The maximum absolute atomic E-state index is 12.0. The standard InChI is InChI=1S/C16H18BrNOS2/c1-12(21-11-13-4-2-5-14(17)10-13)16(19)18-8-7-15-6-3-9-20-15/h2-6,9-10,12H,7-8,11H2,1H3,(H,18,19). The summed E-state index contributed by atoms with van der Waals surface area (Å²) in [4.78, 5) is 13.3. The van der Waals surface area contributed by atoms with Crippen LogP contribution >= 0.6 is 39.0 Å². The molecule has 0 radical (unpaired) electrons. The minimum absolute atomic E-state index is 0.0349. The van der Waals surface area contributed by atoms with E-state index in [1.807, 2.05) is 25.1 Å². The highest BCUT2D eigenvalue weighted by molar-refractivity contribution is 9.10. The van der Waals surface area contributed by atoms with Gasteiger partial charge in [0.15, 0.2) is 0 Å². The van der Waals surface area contributed by atoms with Crippen molar-refractivity contribution in [1.29, 1.82) is 0 Å². The van der Waals surface area contributed by atoms with Gasteiger partial charge in [0, 0.05) is 21.6 Å². The van der Waals surface area contributed by atoms with Crippen LogP contribution < -0.4 is 5.32 Å². The lowest BCUT2D eigenvalue weighted by molar-refractivity contribution is -0.120. The number of hydrogen-bond donors (Lipinski definition) is 1. The first-order valence-corrected chi connectivity index (χ1v) is 9.53. The molecule has 1 aromatic heterocycles. The van der Waals surface area contributed by atoms with Gasteiger partial charge in [0.05, 0.1) is 5.25 Å². The molecular weight excluding hydrogens is 366 g/mol. The number of carbonyl (C=O) groups is 1. The fourth-order valence-electron chi connectivity index (χ4n) is 1.83. The number of thioether (sulfide) groups is 1. The van der Waals surface area contributed by atoms with Gasteiger partial charge in [-0.25, -0.2) is 0 Å². The molecule has 1 heterocycles. The second-order valence-electron chi connectivity index (χ2n) is 4.70. The van der Waals surface area contributed by atoms with Crippen LogP contribution in [0.15, 0.2) is 46.3 Å². The lowest BCUT2D eigenvalue weighted by Gasteiger charge is -2.12. The molecule has 0 aliphatic heterocycles. The summed E-state index contributed by atoms with van der Waals surface area (Å²) in [6, 6.07) is 12.3. The number of amides is 1. The average molecular weight is 384 g/mol. The number of nitrogens with one attached hydrogen (secondary N) is 1. The minimum Gasteiger partial charge on any atom is -0.355 e. The van der Waals surface area contributed by atoms with Crippen LogP contribution in [0, 0.1) is 0 Å².